The SMILES string of the molecule is CCCCCCCCCCCCCCC(O)C(O)C(N)C(O)OC(=O)CCCCCCCCCCC. The molecule has 0 aliphatic heterocycles. The normalized spacial score (nSPS) is 14.9. The first-order valence-electron chi connectivity index (χ1n) is 15.4. The van der Waals surface area contributed by atoms with Gasteiger partial charge in [-0.15, -0.1) is 0 Å². The fourth-order valence-electron chi connectivity index (χ4n) is 4.64. The van der Waals surface area contributed by atoms with E-state index in [9.17, 15) is 20.1 Å². The van der Waals surface area contributed by atoms with Gasteiger partial charge in [-0.05, 0) is 12.8 Å². The van der Waals surface area contributed by atoms with E-state index in [-0.39, 0.29) is 6.42 Å². The van der Waals surface area contributed by atoms with E-state index in [1.165, 1.54) is 96.3 Å². The van der Waals surface area contributed by atoms with Crippen molar-refractivity contribution in [2.45, 2.75) is 186 Å². The molecule has 0 aromatic carbocycles. The van der Waals surface area contributed by atoms with E-state index in [2.05, 4.69) is 13.8 Å². The van der Waals surface area contributed by atoms with Gasteiger partial charge >= 0.3 is 5.97 Å². The van der Waals surface area contributed by atoms with Crippen LogP contribution in [0.4, 0.5) is 0 Å². The Kier molecular flexibility index (Phi) is 25.4. The lowest BCUT2D eigenvalue weighted by Crippen LogP contribution is -2.51. The molecule has 0 spiro atoms. The van der Waals surface area contributed by atoms with E-state index in [1.54, 1.807) is 0 Å². The van der Waals surface area contributed by atoms with Gasteiger partial charge in [0.2, 0.25) is 6.29 Å². The van der Waals surface area contributed by atoms with Gasteiger partial charge in [0.25, 0.3) is 0 Å². The third-order valence-corrected chi connectivity index (χ3v) is 7.21. The monoisotopic (exact) mass is 515 g/mol. The summed E-state index contributed by atoms with van der Waals surface area (Å²) in [7, 11) is 0. The molecule has 0 fully saturated rings. The van der Waals surface area contributed by atoms with Crippen molar-refractivity contribution >= 4 is 5.97 Å². The van der Waals surface area contributed by atoms with Crippen LogP contribution in [0.25, 0.3) is 0 Å². The van der Waals surface area contributed by atoms with Crippen LogP contribution in [0, 0.1) is 0 Å². The van der Waals surface area contributed by atoms with Crippen LogP contribution in [0.2, 0.25) is 0 Å². The molecule has 0 rings (SSSR count). The minimum Gasteiger partial charge on any atom is -0.434 e. The first kappa shape index (κ1) is 35.3. The number of hydrogen-bond acceptors (Lipinski definition) is 6. The first-order valence-corrected chi connectivity index (χ1v) is 15.4. The summed E-state index contributed by atoms with van der Waals surface area (Å²) in [6, 6.07) is -1.22. The van der Waals surface area contributed by atoms with Gasteiger partial charge in [-0.3, -0.25) is 4.79 Å². The molecule has 0 aliphatic rings. The van der Waals surface area contributed by atoms with Gasteiger partial charge < -0.3 is 25.8 Å². The maximum atomic E-state index is 12.0. The highest BCUT2D eigenvalue weighted by molar-refractivity contribution is 5.69. The van der Waals surface area contributed by atoms with Gasteiger partial charge in [-0.1, -0.05) is 142 Å². The molecular weight excluding hydrogens is 454 g/mol. The molecule has 36 heavy (non-hydrogen) atoms. The van der Waals surface area contributed by atoms with Crippen molar-refractivity contribution < 1.29 is 24.9 Å². The summed E-state index contributed by atoms with van der Waals surface area (Å²) in [5.41, 5.74) is 5.85. The number of aliphatic hydroxyl groups is 3. The molecule has 0 bridgehead atoms. The summed E-state index contributed by atoms with van der Waals surface area (Å²) in [5.74, 6) is -0.511. The number of carbonyl (C=O) groups is 1. The molecule has 6 heteroatoms. The third kappa shape index (κ3) is 21.4. The smallest absolute Gasteiger partial charge is 0.308 e. The number of unbranched alkanes of at least 4 members (excludes halogenated alkanes) is 19. The summed E-state index contributed by atoms with van der Waals surface area (Å²) >= 11 is 0. The standard InChI is InChI=1S/C30H61NO5/c1-3-5-7-9-11-13-14-15-17-18-20-22-24-26(32)29(34)28(31)30(35)36-27(33)25-23-21-19-16-12-10-8-6-4-2/h26,28-30,32,34-35H,3-25,31H2,1-2H3. The lowest BCUT2D eigenvalue weighted by Gasteiger charge is -2.27. The molecule has 0 aromatic heterocycles. The van der Waals surface area contributed by atoms with E-state index >= 15 is 0 Å². The Hall–Kier alpha value is -0.690. The maximum absolute atomic E-state index is 12.0. The molecule has 0 amide bonds. The zero-order valence-electron chi connectivity index (χ0n) is 23.8. The van der Waals surface area contributed by atoms with Crippen LogP contribution in [0.15, 0.2) is 0 Å². The van der Waals surface area contributed by atoms with Crippen molar-refractivity contribution in [3.8, 4) is 0 Å². The molecule has 0 heterocycles. The van der Waals surface area contributed by atoms with E-state index in [1.807, 2.05) is 0 Å². The average Bonchev–Trinajstić information content (AvgIpc) is 2.87. The summed E-state index contributed by atoms with van der Waals surface area (Å²) in [4.78, 5) is 12.0. The number of rotatable bonds is 27. The Morgan fingerprint density at radius 2 is 0.972 bits per heavy atom. The molecule has 4 unspecified atom stereocenters. The second-order valence-electron chi connectivity index (χ2n) is 10.8. The third-order valence-electron chi connectivity index (χ3n) is 7.21. The van der Waals surface area contributed by atoms with E-state index < -0.39 is 30.5 Å². The van der Waals surface area contributed by atoms with Crippen molar-refractivity contribution in [2.24, 2.45) is 5.73 Å². The van der Waals surface area contributed by atoms with Crippen molar-refractivity contribution in [3.05, 3.63) is 0 Å². The second-order valence-corrected chi connectivity index (χ2v) is 10.8. The average molecular weight is 516 g/mol. The largest absolute Gasteiger partial charge is 0.434 e. The number of hydrogen-bond donors (Lipinski definition) is 4. The molecule has 0 radical (unpaired) electrons. The summed E-state index contributed by atoms with van der Waals surface area (Å²) in [6.45, 7) is 4.46. The summed E-state index contributed by atoms with van der Waals surface area (Å²) < 4.78 is 4.99. The summed E-state index contributed by atoms with van der Waals surface area (Å²) in [5, 5.41) is 30.6. The highest BCUT2D eigenvalue weighted by atomic mass is 16.6. The number of nitrogens with two attached hydrogens (primary N) is 1. The highest BCUT2D eigenvalue weighted by Crippen LogP contribution is 2.16. The quantitative estimate of drug-likeness (QED) is 0.0537. The lowest BCUT2D eigenvalue weighted by molar-refractivity contribution is -0.179. The van der Waals surface area contributed by atoms with Crippen molar-refractivity contribution in [1.82, 2.24) is 0 Å². The number of esters is 1. The van der Waals surface area contributed by atoms with Crippen molar-refractivity contribution in [3.63, 3.8) is 0 Å². The van der Waals surface area contributed by atoms with Gasteiger partial charge in [-0.2, -0.15) is 0 Å². The molecule has 0 aromatic rings. The van der Waals surface area contributed by atoms with Crippen LogP contribution < -0.4 is 5.73 Å². The molecule has 6 nitrogen and oxygen atoms in total. The van der Waals surface area contributed by atoms with Gasteiger partial charge in [0.15, 0.2) is 0 Å². The van der Waals surface area contributed by atoms with Crippen LogP contribution >= 0.6 is 0 Å². The highest BCUT2D eigenvalue weighted by Gasteiger charge is 2.31. The van der Waals surface area contributed by atoms with Crippen molar-refractivity contribution in [1.29, 1.82) is 0 Å². The zero-order chi connectivity index (χ0) is 26.9. The van der Waals surface area contributed by atoms with Gasteiger partial charge in [0.1, 0.15) is 6.10 Å². The fraction of sp³-hybridized carbons (Fsp3) is 0.967. The minimum absolute atomic E-state index is 0.233. The van der Waals surface area contributed by atoms with Crippen molar-refractivity contribution in [2.75, 3.05) is 0 Å². The van der Waals surface area contributed by atoms with Gasteiger partial charge in [-0.25, -0.2) is 0 Å². The molecule has 4 atom stereocenters. The van der Waals surface area contributed by atoms with Gasteiger partial charge in [0, 0.05) is 6.42 Å². The van der Waals surface area contributed by atoms with Crippen LogP contribution in [-0.4, -0.2) is 45.8 Å². The van der Waals surface area contributed by atoms with Crippen LogP contribution in [0.5, 0.6) is 0 Å². The van der Waals surface area contributed by atoms with E-state index in [0.717, 1.165) is 38.5 Å². The van der Waals surface area contributed by atoms with Crippen LogP contribution in [0.3, 0.4) is 0 Å². The van der Waals surface area contributed by atoms with Crippen LogP contribution in [0.1, 0.15) is 162 Å². The predicted octanol–water partition coefficient (Wildman–Crippen LogP) is 6.91. The molecule has 0 saturated heterocycles. The number of aliphatic hydroxyl groups excluding tert-OH is 3. The Balaban J connectivity index is 3.75. The predicted molar refractivity (Wildman–Crippen MR) is 150 cm³/mol. The molecule has 5 N–H and O–H groups in total. The van der Waals surface area contributed by atoms with Crippen LogP contribution in [-0.2, 0) is 9.53 Å². The Bertz CT molecular complexity index is 476. The Labute approximate surface area is 222 Å². The number of carbonyl (C=O) groups excluding carboxylic acids is 1. The molecule has 0 aliphatic carbocycles. The minimum atomic E-state index is -1.61. The zero-order valence-corrected chi connectivity index (χ0v) is 23.8. The second kappa shape index (κ2) is 25.9. The number of ether oxygens (including phenoxy) is 1. The molecule has 216 valence electrons. The first-order chi connectivity index (χ1) is 17.4. The fourth-order valence-corrected chi connectivity index (χ4v) is 4.64. The summed E-state index contributed by atoms with van der Waals surface area (Å²) in [6.07, 6.45) is 21.9. The van der Waals surface area contributed by atoms with Gasteiger partial charge in [0.05, 0.1) is 12.1 Å². The Morgan fingerprint density at radius 3 is 1.39 bits per heavy atom. The maximum Gasteiger partial charge on any atom is 0.308 e. The lowest BCUT2D eigenvalue weighted by atomic mass is 9.99. The van der Waals surface area contributed by atoms with E-state index in [4.69, 9.17) is 10.5 Å². The molecule has 0 saturated carbocycles. The Morgan fingerprint density at radius 1 is 0.611 bits per heavy atom. The van der Waals surface area contributed by atoms with E-state index in [0.29, 0.717) is 6.42 Å². The molecular formula is C30H61NO5. The topological polar surface area (TPSA) is 113 Å².